The summed E-state index contributed by atoms with van der Waals surface area (Å²) in [5, 5.41) is 0. The molecule has 5 nitrogen and oxygen atoms in total. The fourth-order valence-electron chi connectivity index (χ4n) is 5.90. The Morgan fingerprint density at radius 2 is 1.36 bits per heavy atom. The zero-order valence-corrected chi connectivity index (χ0v) is 20.8. The molecule has 0 unspecified atom stereocenters. The first-order chi connectivity index (χ1) is 17.7. The summed E-state index contributed by atoms with van der Waals surface area (Å²) < 4.78 is 0. The van der Waals surface area contributed by atoms with Gasteiger partial charge in [0.05, 0.1) is 13.2 Å². The normalized spacial score (nSPS) is 17.6. The van der Waals surface area contributed by atoms with Gasteiger partial charge in [-0.2, -0.15) is 0 Å². The highest BCUT2D eigenvalue weighted by atomic mass is 16.2. The molecule has 0 aromatic heterocycles. The van der Waals surface area contributed by atoms with Crippen molar-refractivity contribution in [3.05, 3.63) is 114 Å². The van der Waals surface area contributed by atoms with Crippen molar-refractivity contribution in [3.8, 4) is 0 Å². The minimum atomic E-state index is -0.502. The molecule has 0 N–H and O–H groups in total. The van der Waals surface area contributed by atoms with Gasteiger partial charge in [-0.05, 0) is 49.1 Å². The number of carbonyl (C=O) groups is 1. The number of anilines is 1. The Kier molecular flexibility index (Phi) is 7.34. The Morgan fingerprint density at radius 3 is 1.92 bits per heavy atom. The van der Waals surface area contributed by atoms with Gasteiger partial charge in [-0.3, -0.25) is 4.79 Å². The number of benzene rings is 3. The van der Waals surface area contributed by atoms with Gasteiger partial charge in [-0.1, -0.05) is 78.9 Å². The van der Waals surface area contributed by atoms with Gasteiger partial charge in [0.2, 0.25) is 12.5 Å². The second-order valence-corrected chi connectivity index (χ2v) is 9.89. The lowest BCUT2D eigenvalue weighted by molar-refractivity contribution is -0.133. The number of nitrogens with zero attached hydrogens (tertiary/aromatic N) is 4. The summed E-state index contributed by atoms with van der Waals surface area (Å²) in [6.45, 7) is 11.4. The number of likely N-dealkylation sites (tertiary alicyclic amines) is 1. The zero-order valence-electron chi connectivity index (χ0n) is 20.8. The third kappa shape index (κ3) is 4.87. The van der Waals surface area contributed by atoms with Crippen molar-refractivity contribution in [1.29, 1.82) is 0 Å². The number of hydrogen-bond acceptors (Lipinski definition) is 3. The van der Waals surface area contributed by atoms with Gasteiger partial charge >= 0.3 is 0 Å². The number of amides is 1. The molecule has 2 aliphatic rings. The van der Waals surface area contributed by atoms with Gasteiger partial charge in [-0.15, -0.1) is 0 Å². The monoisotopic (exact) mass is 478 g/mol. The Hall–Kier alpha value is -3.62. The van der Waals surface area contributed by atoms with E-state index in [1.165, 1.54) is 11.1 Å². The van der Waals surface area contributed by atoms with E-state index in [2.05, 4.69) is 87.4 Å². The van der Waals surface area contributed by atoms with Gasteiger partial charge in [0.1, 0.15) is 5.54 Å². The highest BCUT2D eigenvalue weighted by molar-refractivity contribution is 5.93. The van der Waals surface area contributed by atoms with Gasteiger partial charge in [0, 0.05) is 24.7 Å². The van der Waals surface area contributed by atoms with Gasteiger partial charge < -0.3 is 19.5 Å². The fraction of sp³-hybridized carbons (Fsp3) is 0.355. The number of rotatable bonds is 8. The predicted molar refractivity (Wildman–Crippen MR) is 145 cm³/mol. The molecule has 184 valence electrons. The number of carbonyl (C=O) groups excluding carboxylic acids is 1. The molecule has 3 aromatic rings. The van der Waals surface area contributed by atoms with Crippen molar-refractivity contribution in [2.24, 2.45) is 0 Å². The van der Waals surface area contributed by atoms with Crippen LogP contribution in [-0.4, -0.2) is 60.6 Å². The third-order valence-electron chi connectivity index (χ3n) is 7.88. The molecule has 0 atom stereocenters. The maximum atomic E-state index is 13.7. The summed E-state index contributed by atoms with van der Waals surface area (Å²) in [5.41, 5.74) is 3.30. The molecular formula is C31H34N4O. The van der Waals surface area contributed by atoms with Crippen molar-refractivity contribution in [2.75, 3.05) is 44.3 Å². The van der Waals surface area contributed by atoms with E-state index in [0.29, 0.717) is 25.7 Å². The van der Waals surface area contributed by atoms with Crippen molar-refractivity contribution < 1.29 is 4.79 Å². The van der Waals surface area contributed by atoms with Crippen molar-refractivity contribution >= 4 is 11.6 Å². The van der Waals surface area contributed by atoms with Crippen LogP contribution in [0.15, 0.2) is 91.0 Å². The van der Waals surface area contributed by atoms with Crippen LogP contribution < -0.4 is 4.90 Å². The first-order valence-electron chi connectivity index (χ1n) is 13.0. The lowest BCUT2D eigenvalue weighted by Gasteiger charge is -2.43. The molecule has 0 saturated carbocycles. The number of para-hydroxylation sites is 1. The molecule has 5 heteroatoms. The maximum absolute atomic E-state index is 13.7. The van der Waals surface area contributed by atoms with Crippen LogP contribution in [0, 0.1) is 6.57 Å². The highest BCUT2D eigenvalue weighted by Crippen LogP contribution is 2.40. The van der Waals surface area contributed by atoms with Crippen molar-refractivity contribution in [3.63, 3.8) is 0 Å². The van der Waals surface area contributed by atoms with Gasteiger partial charge in [-0.25, -0.2) is 6.57 Å². The second-order valence-electron chi connectivity index (χ2n) is 9.89. The van der Waals surface area contributed by atoms with E-state index in [-0.39, 0.29) is 5.91 Å². The van der Waals surface area contributed by atoms with E-state index in [9.17, 15) is 4.79 Å². The Balaban J connectivity index is 1.29. The van der Waals surface area contributed by atoms with E-state index in [4.69, 9.17) is 6.57 Å². The van der Waals surface area contributed by atoms with E-state index < -0.39 is 5.54 Å². The van der Waals surface area contributed by atoms with Crippen LogP contribution in [0.1, 0.15) is 36.3 Å². The molecule has 1 spiro atoms. The van der Waals surface area contributed by atoms with E-state index in [1.54, 1.807) is 0 Å². The van der Waals surface area contributed by atoms with Crippen LogP contribution in [0.2, 0.25) is 0 Å². The smallest absolute Gasteiger partial charge is 0.250 e. The molecular weight excluding hydrogens is 444 g/mol. The van der Waals surface area contributed by atoms with Crippen LogP contribution in [0.25, 0.3) is 4.85 Å². The molecule has 2 aliphatic heterocycles. The highest BCUT2D eigenvalue weighted by Gasteiger charge is 2.53. The molecule has 5 rings (SSSR count). The number of hydrogen-bond donors (Lipinski definition) is 0. The van der Waals surface area contributed by atoms with Crippen LogP contribution in [0.5, 0.6) is 0 Å². The van der Waals surface area contributed by atoms with Crippen LogP contribution in [0.4, 0.5) is 5.69 Å². The van der Waals surface area contributed by atoms with Crippen LogP contribution in [0.3, 0.4) is 0 Å². The summed E-state index contributed by atoms with van der Waals surface area (Å²) in [6.07, 6.45) is 2.68. The zero-order chi connectivity index (χ0) is 24.8. The van der Waals surface area contributed by atoms with Crippen molar-refractivity contribution in [1.82, 2.24) is 9.80 Å². The summed E-state index contributed by atoms with van der Waals surface area (Å²) in [6, 6.07) is 31.9. The summed E-state index contributed by atoms with van der Waals surface area (Å²) in [5.74, 6) is 0.558. The summed E-state index contributed by atoms with van der Waals surface area (Å²) in [4.78, 5) is 23.9. The average Bonchev–Trinajstić information content (AvgIpc) is 3.21. The minimum absolute atomic E-state index is 0.195. The lowest BCUT2D eigenvalue weighted by Crippen LogP contribution is -2.56. The molecule has 3 aromatic carbocycles. The first kappa shape index (κ1) is 24.1. The van der Waals surface area contributed by atoms with E-state index >= 15 is 0 Å². The fourth-order valence-corrected chi connectivity index (χ4v) is 5.90. The second kappa shape index (κ2) is 11.0. The first-order valence-corrected chi connectivity index (χ1v) is 13.0. The van der Waals surface area contributed by atoms with E-state index in [1.807, 2.05) is 23.1 Å². The molecule has 0 radical (unpaired) electrons. The summed E-state index contributed by atoms with van der Waals surface area (Å²) >= 11 is 0. The molecule has 2 heterocycles. The SMILES string of the molecule is [C-]#[N+]CCN1CN(c2ccccc2)C2(CCN(CCC(c3ccccc3)c3ccccc3)CC2)C1=O. The van der Waals surface area contributed by atoms with Gasteiger partial charge in [0.25, 0.3) is 0 Å². The minimum Gasteiger partial charge on any atom is -0.339 e. The summed E-state index contributed by atoms with van der Waals surface area (Å²) in [7, 11) is 0. The Bertz CT molecular complexity index is 1130. The molecule has 2 saturated heterocycles. The number of piperidine rings is 1. The van der Waals surface area contributed by atoms with Crippen molar-refractivity contribution in [2.45, 2.75) is 30.7 Å². The maximum Gasteiger partial charge on any atom is 0.250 e. The largest absolute Gasteiger partial charge is 0.339 e. The predicted octanol–water partition coefficient (Wildman–Crippen LogP) is 5.27. The van der Waals surface area contributed by atoms with E-state index in [0.717, 1.165) is 44.6 Å². The molecule has 36 heavy (non-hydrogen) atoms. The van der Waals surface area contributed by atoms with Crippen LogP contribution in [-0.2, 0) is 4.79 Å². The standard InChI is InChI=1S/C31H34N4O/c1-32-20-24-34-25-35(28-15-9-4-10-16-28)31(30(34)36)18-22-33(23-19-31)21-17-29(26-11-5-2-6-12-26)27-13-7-3-8-14-27/h2-16,29H,17-25H2. The Labute approximate surface area is 214 Å². The molecule has 1 amide bonds. The molecule has 0 bridgehead atoms. The molecule has 0 aliphatic carbocycles. The van der Waals surface area contributed by atoms with Crippen LogP contribution >= 0.6 is 0 Å². The quantitative estimate of drug-likeness (QED) is 0.414. The topological polar surface area (TPSA) is 31.1 Å². The molecule has 2 fully saturated rings. The average molecular weight is 479 g/mol. The Morgan fingerprint density at radius 1 is 0.806 bits per heavy atom. The van der Waals surface area contributed by atoms with Gasteiger partial charge in [0.15, 0.2) is 0 Å². The lowest BCUT2D eigenvalue weighted by atomic mass is 9.84. The third-order valence-corrected chi connectivity index (χ3v) is 7.88.